The predicted molar refractivity (Wildman–Crippen MR) is 90.3 cm³/mol. The van der Waals surface area contributed by atoms with Crippen LogP contribution in [0, 0.1) is 23.7 Å². The van der Waals surface area contributed by atoms with Crippen LogP contribution in [0.4, 0.5) is 0 Å². The van der Waals surface area contributed by atoms with E-state index in [1.807, 2.05) is 36.5 Å². The van der Waals surface area contributed by atoms with E-state index in [-0.39, 0.29) is 11.1 Å². The van der Waals surface area contributed by atoms with Crippen molar-refractivity contribution in [3.8, 4) is 23.7 Å². The summed E-state index contributed by atoms with van der Waals surface area (Å²) in [4.78, 5) is 24.1. The molecule has 0 heterocycles. The van der Waals surface area contributed by atoms with Gasteiger partial charge >= 0.3 is 11.9 Å². The topological polar surface area (TPSA) is 52.6 Å². The van der Waals surface area contributed by atoms with E-state index in [1.54, 1.807) is 0 Å². The summed E-state index contributed by atoms with van der Waals surface area (Å²) in [5.41, 5.74) is 1.49. The summed E-state index contributed by atoms with van der Waals surface area (Å²) in [6, 6.07) is 0. The van der Waals surface area contributed by atoms with Crippen LogP contribution in [0.3, 0.4) is 0 Å². The molecule has 0 amide bonds. The van der Waals surface area contributed by atoms with Crippen LogP contribution in [0.2, 0.25) is 0 Å². The molecule has 0 aliphatic heterocycles. The molecule has 2 aliphatic carbocycles. The van der Waals surface area contributed by atoms with Crippen LogP contribution in [0.15, 0.2) is 58.7 Å². The molecule has 0 spiro atoms. The monoisotopic (exact) mass is 320 g/mol. The van der Waals surface area contributed by atoms with Gasteiger partial charge in [-0.05, 0) is 12.8 Å². The Bertz CT molecular complexity index is 754. The van der Waals surface area contributed by atoms with Crippen LogP contribution in [0.25, 0.3) is 0 Å². The zero-order valence-corrected chi connectivity index (χ0v) is 13.5. The van der Waals surface area contributed by atoms with E-state index in [4.69, 9.17) is 9.47 Å². The van der Waals surface area contributed by atoms with Gasteiger partial charge < -0.3 is 9.47 Å². The highest BCUT2D eigenvalue weighted by molar-refractivity contribution is 6.06. The average Bonchev–Trinajstić information content (AvgIpc) is 3.30. The van der Waals surface area contributed by atoms with Crippen molar-refractivity contribution < 1.29 is 19.1 Å². The molecule has 0 unspecified atom stereocenters. The fourth-order valence-electron chi connectivity index (χ4n) is 2.00. The van der Waals surface area contributed by atoms with Gasteiger partial charge in [0.15, 0.2) is 0 Å². The number of hydrogen-bond acceptors (Lipinski definition) is 4. The lowest BCUT2D eigenvalue weighted by molar-refractivity contribution is -0.138. The van der Waals surface area contributed by atoms with Gasteiger partial charge in [0.1, 0.15) is 11.1 Å². The molecule has 0 N–H and O–H groups in total. The first-order chi connectivity index (χ1) is 11.7. The summed E-state index contributed by atoms with van der Waals surface area (Å²) in [5.74, 6) is 9.73. The van der Waals surface area contributed by atoms with Crippen molar-refractivity contribution in [2.45, 2.75) is 12.8 Å². The summed E-state index contributed by atoms with van der Waals surface area (Å²) in [5, 5.41) is 0. The second-order valence-electron chi connectivity index (χ2n) is 4.88. The number of carbonyl (C=O) groups excluding carboxylic acids is 2. The van der Waals surface area contributed by atoms with E-state index in [1.165, 1.54) is 14.2 Å². The second-order valence-corrected chi connectivity index (χ2v) is 4.88. The smallest absolute Gasteiger partial charge is 0.348 e. The van der Waals surface area contributed by atoms with Crippen molar-refractivity contribution in [2.75, 3.05) is 14.2 Å². The number of esters is 2. The molecule has 2 rings (SSSR count). The van der Waals surface area contributed by atoms with E-state index in [9.17, 15) is 9.59 Å². The molecule has 4 nitrogen and oxygen atoms in total. The van der Waals surface area contributed by atoms with Gasteiger partial charge in [-0.25, -0.2) is 9.59 Å². The molecule has 0 saturated heterocycles. The number of hydrogen-bond donors (Lipinski definition) is 0. The van der Waals surface area contributed by atoms with Crippen molar-refractivity contribution in [1.29, 1.82) is 0 Å². The van der Waals surface area contributed by atoms with Gasteiger partial charge in [0.2, 0.25) is 0 Å². The van der Waals surface area contributed by atoms with Gasteiger partial charge in [0, 0.05) is 11.1 Å². The fraction of sp³-hybridized carbons (Fsp3) is 0.200. The molecule has 0 aromatic heterocycles. The minimum absolute atomic E-state index is 0.101. The van der Waals surface area contributed by atoms with Gasteiger partial charge in [-0.3, -0.25) is 0 Å². The molecule has 0 saturated carbocycles. The largest absolute Gasteiger partial charge is 0.465 e. The average molecular weight is 320 g/mol. The van der Waals surface area contributed by atoms with Crippen molar-refractivity contribution in [3.63, 3.8) is 0 Å². The minimum atomic E-state index is -0.720. The highest BCUT2D eigenvalue weighted by Crippen LogP contribution is 2.13. The first kappa shape index (κ1) is 17.1. The lowest BCUT2D eigenvalue weighted by atomic mass is 10.1. The lowest BCUT2D eigenvalue weighted by Gasteiger charge is -2.03. The Morgan fingerprint density at radius 2 is 1.25 bits per heavy atom. The Kier molecular flexibility index (Phi) is 6.00. The predicted octanol–water partition coefficient (Wildman–Crippen LogP) is 2.41. The molecular formula is C20H16O4. The Labute approximate surface area is 141 Å². The van der Waals surface area contributed by atoms with E-state index in [0.29, 0.717) is 12.8 Å². The van der Waals surface area contributed by atoms with Crippen molar-refractivity contribution in [3.05, 3.63) is 58.7 Å². The van der Waals surface area contributed by atoms with Crippen LogP contribution in [-0.2, 0) is 19.1 Å². The normalized spacial score (nSPS) is 15.2. The molecule has 0 atom stereocenters. The third-order valence-corrected chi connectivity index (χ3v) is 3.27. The van der Waals surface area contributed by atoms with Crippen molar-refractivity contribution >= 4 is 11.9 Å². The number of ether oxygens (including phenoxy) is 2. The molecule has 120 valence electrons. The molecule has 4 heteroatoms. The quantitative estimate of drug-likeness (QED) is 0.445. The van der Waals surface area contributed by atoms with Gasteiger partial charge in [0.25, 0.3) is 0 Å². The zero-order chi connectivity index (χ0) is 17.4. The Morgan fingerprint density at radius 3 is 1.54 bits per heavy atom. The lowest BCUT2D eigenvalue weighted by Crippen LogP contribution is -2.13. The van der Waals surface area contributed by atoms with Gasteiger partial charge in [-0.1, -0.05) is 60.1 Å². The maximum absolute atomic E-state index is 12.1. The third-order valence-electron chi connectivity index (χ3n) is 3.27. The molecule has 2 aliphatic rings. The van der Waals surface area contributed by atoms with Gasteiger partial charge in [0.05, 0.1) is 14.2 Å². The van der Waals surface area contributed by atoms with E-state index < -0.39 is 11.9 Å². The molecule has 0 aromatic carbocycles. The summed E-state index contributed by atoms with van der Waals surface area (Å²) in [7, 11) is 2.46. The summed E-state index contributed by atoms with van der Waals surface area (Å²) >= 11 is 0. The molecular weight excluding hydrogens is 304 g/mol. The number of carbonyl (C=O) groups is 2. The summed E-state index contributed by atoms with van der Waals surface area (Å²) in [6.45, 7) is 0. The van der Waals surface area contributed by atoms with Crippen LogP contribution >= 0.6 is 0 Å². The van der Waals surface area contributed by atoms with Gasteiger partial charge in [-0.15, -0.1) is 0 Å². The Balaban J connectivity index is 2.46. The van der Waals surface area contributed by atoms with Gasteiger partial charge in [-0.2, -0.15) is 0 Å². The second kappa shape index (κ2) is 8.41. The molecule has 0 bridgehead atoms. The fourth-order valence-corrected chi connectivity index (χ4v) is 2.00. The maximum Gasteiger partial charge on any atom is 0.348 e. The zero-order valence-electron chi connectivity index (χ0n) is 13.5. The molecule has 0 fully saturated rings. The first-order valence-corrected chi connectivity index (χ1v) is 7.32. The highest BCUT2D eigenvalue weighted by Gasteiger charge is 2.20. The summed E-state index contributed by atoms with van der Waals surface area (Å²) in [6.07, 6.45) is 12.7. The minimum Gasteiger partial charge on any atom is -0.465 e. The SMILES string of the molecule is COC(=O)/C(C#CC1=CC=CC1)=C(\C#CC1=CC=CC1)C(=O)OC. The van der Waals surface area contributed by atoms with E-state index >= 15 is 0 Å². The highest BCUT2D eigenvalue weighted by atomic mass is 16.5. The number of methoxy groups -OCH3 is 2. The number of rotatable bonds is 2. The molecule has 0 aromatic rings. The van der Waals surface area contributed by atoms with Crippen molar-refractivity contribution in [1.82, 2.24) is 0 Å². The standard InChI is InChI=1S/C20H16O4/c1-23-19(21)17(13-11-15-7-3-4-8-15)18(20(22)24-2)14-12-16-9-5-6-10-16/h3-7,9H,8,10H2,1-2H3/b18-17+. The Hall–Kier alpha value is -3.24. The third kappa shape index (κ3) is 4.38. The van der Waals surface area contributed by atoms with E-state index in [2.05, 4.69) is 23.7 Å². The Morgan fingerprint density at radius 1 is 0.833 bits per heavy atom. The maximum atomic E-state index is 12.1. The van der Waals surface area contributed by atoms with Crippen LogP contribution in [0.5, 0.6) is 0 Å². The molecule has 0 radical (unpaired) electrons. The van der Waals surface area contributed by atoms with Crippen LogP contribution in [-0.4, -0.2) is 26.2 Å². The molecule has 24 heavy (non-hydrogen) atoms. The van der Waals surface area contributed by atoms with Crippen LogP contribution in [0.1, 0.15) is 12.8 Å². The van der Waals surface area contributed by atoms with Crippen LogP contribution < -0.4 is 0 Å². The van der Waals surface area contributed by atoms with Crippen molar-refractivity contribution in [2.24, 2.45) is 0 Å². The number of allylic oxidation sites excluding steroid dienone is 8. The first-order valence-electron chi connectivity index (χ1n) is 7.32. The van der Waals surface area contributed by atoms with E-state index in [0.717, 1.165) is 11.1 Å². The summed E-state index contributed by atoms with van der Waals surface area (Å²) < 4.78 is 9.48.